The fourth-order valence-electron chi connectivity index (χ4n) is 3.83. The molecule has 5 nitrogen and oxygen atoms in total. The zero-order chi connectivity index (χ0) is 22.5. The van der Waals surface area contributed by atoms with Gasteiger partial charge in [0.1, 0.15) is 16.7 Å². The number of unbranched alkanes of at least 4 members (excludes halogenated alkanes) is 3. The molecule has 7 heteroatoms. The van der Waals surface area contributed by atoms with Gasteiger partial charge in [-0.15, -0.1) is 0 Å². The van der Waals surface area contributed by atoms with E-state index in [-0.39, 0.29) is 11.8 Å². The molecule has 2 aliphatic heterocycles. The van der Waals surface area contributed by atoms with Crippen LogP contribution >= 0.6 is 24.0 Å². The molecule has 2 aliphatic rings. The highest BCUT2D eigenvalue weighted by molar-refractivity contribution is 8.26. The van der Waals surface area contributed by atoms with E-state index in [1.54, 1.807) is 11.0 Å². The van der Waals surface area contributed by atoms with E-state index in [0.29, 0.717) is 39.4 Å². The number of aryl methyl sites for hydroxylation is 1. The monoisotopic (exact) mass is 466 g/mol. The summed E-state index contributed by atoms with van der Waals surface area (Å²) in [5.41, 5.74) is 3.45. The molecule has 2 amide bonds. The van der Waals surface area contributed by atoms with Crippen LogP contribution in [0.25, 0.3) is 6.08 Å². The Kier molecular flexibility index (Phi) is 7.27. The second-order valence-corrected chi connectivity index (χ2v) is 9.61. The minimum absolute atomic E-state index is 0.0500. The number of nitrogens with one attached hydrogen (secondary N) is 1. The Morgan fingerprint density at radius 3 is 2.72 bits per heavy atom. The molecule has 0 aliphatic carbocycles. The van der Waals surface area contributed by atoms with Crippen LogP contribution < -0.4 is 15.0 Å². The van der Waals surface area contributed by atoms with Crippen LogP contribution in [0.2, 0.25) is 0 Å². The van der Waals surface area contributed by atoms with E-state index in [1.807, 2.05) is 30.3 Å². The molecule has 2 aromatic carbocycles. The van der Waals surface area contributed by atoms with E-state index in [0.717, 1.165) is 12.0 Å². The summed E-state index contributed by atoms with van der Waals surface area (Å²) < 4.78 is 6.22. The number of amides is 2. The van der Waals surface area contributed by atoms with Gasteiger partial charge in [0.2, 0.25) is 0 Å². The van der Waals surface area contributed by atoms with Crippen molar-refractivity contribution in [1.82, 2.24) is 5.32 Å². The molecule has 0 spiro atoms. The molecule has 0 bridgehead atoms. The Morgan fingerprint density at radius 1 is 1.19 bits per heavy atom. The smallest absolute Gasteiger partial charge is 0.263 e. The van der Waals surface area contributed by atoms with Crippen LogP contribution in [0.3, 0.4) is 0 Å². The van der Waals surface area contributed by atoms with Gasteiger partial charge in [-0.1, -0.05) is 68.4 Å². The summed E-state index contributed by atoms with van der Waals surface area (Å²) >= 11 is 6.29. The second-order valence-electron chi connectivity index (χ2n) is 7.89. The summed E-state index contributed by atoms with van der Waals surface area (Å²) in [7, 11) is 0. The molecule has 1 fully saturated rings. The van der Waals surface area contributed by atoms with Crippen molar-refractivity contribution in [3.05, 3.63) is 64.1 Å². The Bertz CT molecular complexity index is 1060. The molecule has 1 saturated heterocycles. The van der Waals surface area contributed by atoms with Crippen LogP contribution in [0.1, 0.15) is 54.1 Å². The van der Waals surface area contributed by atoms with Gasteiger partial charge in [-0.25, -0.2) is 0 Å². The molecule has 0 unspecified atom stereocenters. The number of thioether (sulfide) groups is 1. The number of carbonyl (C=O) groups excluding carboxylic acids is 2. The summed E-state index contributed by atoms with van der Waals surface area (Å²) in [5, 5.41) is 2.62. The number of nitrogens with zero attached hydrogens (tertiary/aromatic N) is 1. The van der Waals surface area contributed by atoms with Gasteiger partial charge in [0.05, 0.1) is 17.1 Å². The van der Waals surface area contributed by atoms with Gasteiger partial charge >= 0.3 is 0 Å². The highest BCUT2D eigenvalue weighted by Crippen LogP contribution is 2.35. The normalized spacial score (nSPS) is 16.7. The molecule has 0 aromatic heterocycles. The summed E-state index contributed by atoms with van der Waals surface area (Å²) in [6.45, 7) is 3.13. The maximum absolute atomic E-state index is 13.3. The molecular formula is C25H26N2O3S2. The van der Waals surface area contributed by atoms with Crippen molar-refractivity contribution >= 4 is 51.9 Å². The first-order valence-corrected chi connectivity index (χ1v) is 12.2. The third-order valence-corrected chi connectivity index (χ3v) is 6.71. The quantitative estimate of drug-likeness (QED) is 0.339. The van der Waals surface area contributed by atoms with Crippen molar-refractivity contribution in [2.45, 2.75) is 39.0 Å². The maximum atomic E-state index is 13.3. The lowest BCUT2D eigenvalue weighted by molar-refractivity contribution is -0.115. The van der Waals surface area contributed by atoms with Crippen molar-refractivity contribution in [1.29, 1.82) is 0 Å². The average Bonchev–Trinajstić information content (AvgIpc) is 3.12. The molecule has 0 atom stereocenters. The number of benzene rings is 2. The number of ether oxygens (including phenoxy) is 1. The standard InChI is InChI=1S/C25H26N2O3S2/c1-2-3-4-5-6-17-7-10-19(11-8-17)24(29)27-13-14-30-21-12-9-18(15-20(21)27)16-22-23(28)26-25(31)32-22/h7-12,15-16H,2-6,13-14H2,1H3,(H,26,28,31)/b22-16-. The Hall–Kier alpha value is -2.64. The molecule has 2 heterocycles. The van der Waals surface area contributed by atoms with Crippen molar-refractivity contribution in [3.63, 3.8) is 0 Å². The van der Waals surface area contributed by atoms with Crippen LogP contribution in [0.5, 0.6) is 5.75 Å². The maximum Gasteiger partial charge on any atom is 0.263 e. The molecular weight excluding hydrogens is 440 g/mol. The van der Waals surface area contributed by atoms with E-state index in [9.17, 15) is 9.59 Å². The van der Waals surface area contributed by atoms with Crippen LogP contribution in [0.4, 0.5) is 5.69 Å². The lowest BCUT2D eigenvalue weighted by atomic mass is 10.0. The second kappa shape index (κ2) is 10.3. The lowest BCUT2D eigenvalue weighted by Crippen LogP contribution is -2.38. The number of carbonyl (C=O) groups is 2. The van der Waals surface area contributed by atoms with Gasteiger partial charge in [-0.3, -0.25) is 9.59 Å². The van der Waals surface area contributed by atoms with Crippen molar-refractivity contribution in [2.75, 3.05) is 18.1 Å². The van der Waals surface area contributed by atoms with Gasteiger partial charge < -0.3 is 15.0 Å². The first-order chi connectivity index (χ1) is 15.5. The third-order valence-electron chi connectivity index (χ3n) is 5.55. The van der Waals surface area contributed by atoms with Gasteiger partial charge in [-0.05, 0) is 54.3 Å². The van der Waals surface area contributed by atoms with Crippen molar-refractivity contribution < 1.29 is 14.3 Å². The van der Waals surface area contributed by atoms with Gasteiger partial charge in [-0.2, -0.15) is 0 Å². The fraction of sp³-hybridized carbons (Fsp3) is 0.320. The van der Waals surface area contributed by atoms with E-state index in [1.165, 1.54) is 43.0 Å². The fourth-order valence-corrected chi connectivity index (χ4v) is 4.88. The molecule has 0 saturated carbocycles. The van der Waals surface area contributed by atoms with Crippen molar-refractivity contribution in [2.24, 2.45) is 0 Å². The molecule has 0 radical (unpaired) electrons. The number of thiocarbonyl (C=S) groups is 1. The van der Waals surface area contributed by atoms with Crippen LogP contribution in [-0.4, -0.2) is 29.3 Å². The molecule has 32 heavy (non-hydrogen) atoms. The Balaban J connectivity index is 1.52. The highest BCUT2D eigenvalue weighted by Gasteiger charge is 2.26. The zero-order valence-electron chi connectivity index (χ0n) is 18.1. The summed E-state index contributed by atoms with van der Waals surface area (Å²) in [5.74, 6) is 0.418. The predicted octanol–water partition coefficient (Wildman–Crippen LogP) is 5.34. The summed E-state index contributed by atoms with van der Waals surface area (Å²) in [6.07, 6.45) is 7.74. The molecule has 4 rings (SSSR count). The predicted molar refractivity (Wildman–Crippen MR) is 134 cm³/mol. The van der Waals surface area contributed by atoms with Gasteiger partial charge in [0.15, 0.2) is 0 Å². The Morgan fingerprint density at radius 2 is 2.00 bits per heavy atom. The molecule has 166 valence electrons. The number of rotatable bonds is 7. The SMILES string of the molecule is CCCCCCc1ccc(C(=O)N2CCOc3ccc(/C=C4\SC(=S)NC4=O)cc32)cc1. The zero-order valence-corrected chi connectivity index (χ0v) is 19.7. The van der Waals surface area contributed by atoms with E-state index >= 15 is 0 Å². The summed E-state index contributed by atoms with van der Waals surface area (Å²) in [4.78, 5) is 27.6. The number of anilines is 1. The molecule has 2 aromatic rings. The largest absolute Gasteiger partial charge is 0.490 e. The highest BCUT2D eigenvalue weighted by atomic mass is 32.2. The minimum Gasteiger partial charge on any atom is -0.490 e. The van der Waals surface area contributed by atoms with Gasteiger partial charge in [0, 0.05) is 5.56 Å². The molecule has 1 N–H and O–H groups in total. The van der Waals surface area contributed by atoms with E-state index in [2.05, 4.69) is 24.4 Å². The first-order valence-electron chi connectivity index (χ1n) is 11.0. The van der Waals surface area contributed by atoms with E-state index < -0.39 is 0 Å². The number of fused-ring (bicyclic) bond motifs is 1. The van der Waals surface area contributed by atoms with Crippen LogP contribution in [0, 0.1) is 0 Å². The Labute approximate surface area is 198 Å². The van der Waals surface area contributed by atoms with E-state index in [4.69, 9.17) is 17.0 Å². The first kappa shape index (κ1) is 22.6. The number of hydrogen-bond acceptors (Lipinski definition) is 5. The lowest BCUT2D eigenvalue weighted by Gasteiger charge is -2.30. The third kappa shape index (κ3) is 5.22. The average molecular weight is 467 g/mol. The topological polar surface area (TPSA) is 58.6 Å². The number of hydrogen-bond donors (Lipinski definition) is 1. The van der Waals surface area contributed by atoms with Gasteiger partial charge in [0.25, 0.3) is 11.8 Å². The van der Waals surface area contributed by atoms with Crippen LogP contribution in [-0.2, 0) is 11.2 Å². The summed E-state index contributed by atoms with van der Waals surface area (Å²) in [6, 6.07) is 13.5. The van der Waals surface area contributed by atoms with Crippen molar-refractivity contribution in [3.8, 4) is 5.75 Å². The minimum atomic E-state index is -0.198. The van der Waals surface area contributed by atoms with Crippen LogP contribution in [0.15, 0.2) is 47.4 Å².